The van der Waals surface area contributed by atoms with Gasteiger partial charge < -0.3 is 19.1 Å². The number of hydrogen-bond acceptors (Lipinski definition) is 6. The molecule has 3 aliphatic rings. The Morgan fingerprint density at radius 2 is 2.00 bits per heavy atom. The summed E-state index contributed by atoms with van der Waals surface area (Å²) in [5, 5.41) is 0.404. The van der Waals surface area contributed by atoms with E-state index in [1.807, 2.05) is 12.1 Å². The average molecular weight is 402 g/mol. The van der Waals surface area contributed by atoms with Gasteiger partial charge in [0.25, 0.3) is 0 Å². The van der Waals surface area contributed by atoms with E-state index in [2.05, 4.69) is 33.0 Å². The van der Waals surface area contributed by atoms with Crippen LogP contribution in [0.1, 0.15) is 12.8 Å². The van der Waals surface area contributed by atoms with E-state index < -0.39 is 0 Å². The number of hydrogen-bond donors (Lipinski definition) is 0. The Hall–Kier alpha value is -2.44. The maximum atomic E-state index is 6.03. The van der Waals surface area contributed by atoms with Crippen LogP contribution in [-0.4, -0.2) is 54.1 Å². The summed E-state index contributed by atoms with van der Waals surface area (Å²) in [4.78, 5) is 8.66. The van der Waals surface area contributed by atoms with Crippen LogP contribution in [0, 0.1) is 0 Å². The predicted octanol–water partition coefficient (Wildman–Crippen LogP) is 3.69. The molecule has 0 radical (unpaired) electrons. The molecule has 0 amide bonds. The largest absolute Gasteiger partial charge is 0.489 e. The van der Waals surface area contributed by atoms with E-state index in [1.54, 1.807) is 18.7 Å². The van der Waals surface area contributed by atoms with Crippen LogP contribution in [0.15, 0.2) is 66.3 Å². The van der Waals surface area contributed by atoms with Crippen molar-refractivity contribution >= 4 is 11.6 Å². The van der Waals surface area contributed by atoms with Crippen molar-refractivity contribution < 1.29 is 14.2 Å². The number of aromatic nitrogens is 1. The lowest BCUT2D eigenvalue weighted by molar-refractivity contribution is 0.0760. The molecular formula is C21H24ClN3O3. The van der Waals surface area contributed by atoms with E-state index in [4.69, 9.17) is 25.8 Å². The molecule has 6 nitrogen and oxygen atoms in total. The summed E-state index contributed by atoms with van der Waals surface area (Å²) in [7, 11) is 0. The first-order valence-electron chi connectivity index (χ1n) is 9.60. The SMILES string of the molecule is Clc1ncccc1OCCN1CCN(C2=C(C3=CC=CCC3)OC=CO2)CC1. The van der Waals surface area contributed by atoms with E-state index in [9.17, 15) is 0 Å². The highest BCUT2D eigenvalue weighted by atomic mass is 35.5. The highest BCUT2D eigenvalue weighted by Crippen LogP contribution is 2.29. The molecule has 7 heteroatoms. The van der Waals surface area contributed by atoms with E-state index in [1.165, 1.54) is 5.57 Å². The van der Waals surface area contributed by atoms with Crippen LogP contribution >= 0.6 is 11.6 Å². The van der Waals surface area contributed by atoms with Gasteiger partial charge in [0, 0.05) is 44.5 Å². The van der Waals surface area contributed by atoms with Gasteiger partial charge >= 0.3 is 0 Å². The van der Waals surface area contributed by atoms with Crippen molar-refractivity contribution in [1.29, 1.82) is 0 Å². The minimum Gasteiger partial charge on any atom is -0.489 e. The van der Waals surface area contributed by atoms with Crippen molar-refractivity contribution in [2.24, 2.45) is 0 Å². The highest BCUT2D eigenvalue weighted by Gasteiger charge is 2.26. The molecule has 0 unspecified atom stereocenters. The number of rotatable bonds is 6. The summed E-state index contributed by atoms with van der Waals surface area (Å²) in [5.74, 6) is 2.30. The van der Waals surface area contributed by atoms with Gasteiger partial charge in [-0.2, -0.15) is 0 Å². The number of piperazine rings is 1. The second-order valence-corrected chi connectivity index (χ2v) is 7.13. The molecule has 0 N–H and O–H groups in total. The lowest BCUT2D eigenvalue weighted by Crippen LogP contribution is -2.47. The smallest absolute Gasteiger partial charge is 0.239 e. The summed E-state index contributed by atoms with van der Waals surface area (Å²) >= 11 is 6.03. The molecule has 3 heterocycles. The van der Waals surface area contributed by atoms with Gasteiger partial charge in [0.1, 0.15) is 19.1 Å². The lowest BCUT2D eigenvalue weighted by Gasteiger charge is -2.37. The van der Waals surface area contributed by atoms with Gasteiger partial charge in [0.15, 0.2) is 16.7 Å². The highest BCUT2D eigenvalue weighted by molar-refractivity contribution is 6.30. The van der Waals surface area contributed by atoms with Crippen LogP contribution in [0.25, 0.3) is 0 Å². The topological polar surface area (TPSA) is 47.1 Å². The Morgan fingerprint density at radius 1 is 1.14 bits per heavy atom. The zero-order chi connectivity index (χ0) is 19.2. The van der Waals surface area contributed by atoms with E-state index in [-0.39, 0.29) is 0 Å². The van der Waals surface area contributed by atoms with Crippen LogP contribution in [0.2, 0.25) is 5.15 Å². The van der Waals surface area contributed by atoms with Gasteiger partial charge in [-0.15, -0.1) is 0 Å². The standard InChI is InChI=1S/C21H24ClN3O3/c22-20-18(7-4-8-23-20)26-14-13-24-9-11-25(12-10-24)21-19(27-15-16-28-21)17-5-2-1-3-6-17/h1-2,4-5,7-8,15-16H,3,6,9-14H2. The van der Waals surface area contributed by atoms with Crippen molar-refractivity contribution in [3.05, 3.63) is 71.5 Å². The monoisotopic (exact) mass is 401 g/mol. The molecule has 0 spiro atoms. The Morgan fingerprint density at radius 3 is 2.79 bits per heavy atom. The number of ether oxygens (including phenoxy) is 3. The van der Waals surface area contributed by atoms with Gasteiger partial charge in [-0.1, -0.05) is 29.8 Å². The molecule has 1 aliphatic carbocycles. The van der Waals surface area contributed by atoms with Gasteiger partial charge in [0.2, 0.25) is 5.88 Å². The van der Waals surface area contributed by atoms with Crippen LogP contribution in [0.5, 0.6) is 5.75 Å². The Labute approximate surface area is 170 Å². The molecule has 148 valence electrons. The molecule has 2 aliphatic heterocycles. The maximum Gasteiger partial charge on any atom is 0.239 e. The molecule has 1 aromatic rings. The van der Waals surface area contributed by atoms with Crippen LogP contribution in [0.4, 0.5) is 0 Å². The molecule has 0 aromatic carbocycles. The molecule has 0 bridgehead atoms. The third kappa shape index (κ3) is 4.51. The summed E-state index contributed by atoms with van der Waals surface area (Å²) in [6, 6.07) is 3.66. The van der Waals surface area contributed by atoms with Crippen molar-refractivity contribution in [3.63, 3.8) is 0 Å². The molecule has 1 saturated heterocycles. The molecule has 0 atom stereocenters. The minimum atomic E-state index is 0.404. The fourth-order valence-electron chi connectivity index (χ4n) is 3.45. The zero-order valence-corrected chi connectivity index (χ0v) is 16.5. The average Bonchev–Trinajstić information content (AvgIpc) is 2.76. The fraction of sp³-hybridized carbons (Fsp3) is 0.381. The third-order valence-corrected chi connectivity index (χ3v) is 5.25. The lowest BCUT2D eigenvalue weighted by atomic mass is 10.0. The normalized spacial score (nSPS) is 19.9. The molecule has 0 saturated carbocycles. The quantitative estimate of drug-likeness (QED) is 0.677. The number of halogens is 1. The van der Waals surface area contributed by atoms with Gasteiger partial charge in [-0.05, 0) is 25.0 Å². The first kappa shape index (κ1) is 18.9. The Balaban J connectivity index is 1.30. The fourth-order valence-corrected chi connectivity index (χ4v) is 3.63. The summed E-state index contributed by atoms with van der Waals surface area (Å²) in [5.41, 5.74) is 1.19. The van der Waals surface area contributed by atoms with Crippen molar-refractivity contribution in [2.75, 3.05) is 39.3 Å². The second kappa shape index (κ2) is 9.17. The number of nitrogens with zero attached hydrogens (tertiary/aromatic N) is 3. The third-order valence-electron chi connectivity index (χ3n) is 4.97. The van der Waals surface area contributed by atoms with Crippen molar-refractivity contribution in [1.82, 2.24) is 14.8 Å². The summed E-state index contributed by atoms with van der Waals surface area (Å²) in [6.07, 6.45) is 13.2. The second-order valence-electron chi connectivity index (χ2n) is 6.77. The molecule has 1 fully saturated rings. The van der Waals surface area contributed by atoms with Gasteiger partial charge in [0.05, 0.1) is 0 Å². The van der Waals surface area contributed by atoms with Gasteiger partial charge in [-0.25, -0.2) is 4.98 Å². The van der Waals surface area contributed by atoms with E-state index >= 15 is 0 Å². The van der Waals surface area contributed by atoms with E-state index in [0.29, 0.717) is 17.5 Å². The van der Waals surface area contributed by atoms with Crippen LogP contribution < -0.4 is 4.74 Å². The first-order valence-corrected chi connectivity index (χ1v) is 9.98. The van der Waals surface area contributed by atoms with Gasteiger partial charge in [-0.3, -0.25) is 4.90 Å². The predicted molar refractivity (Wildman–Crippen MR) is 108 cm³/mol. The number of allylic oxidation sites excluding steroid dienone is 4. The molecule has 4 rings (SSSR count). The zero-order valence-electron chi connectivity index (χ0n) is 15.7. The summed E-state index contributed by atoms with van der Waals surface area (Å²) in [6.45, 7) is 5.07. The Bertz CT molecular complexity index is 811. The first-order chi connectivity index (χ1) is 13.8. The molecule has 1 aromatic heterocycles. The molecule has 28 heavy (non-hydrogen) atoms. The maximum absolute atomic E-state index is 6.03. The van der Waals surface area contributed by atoms with E-state index in [0.717, 1.165) is 57.2 Å². The van der Waals surface area contributed by atoms with Crippen LogP contribution in [-0.2, 0) is 9.47 Å². The van der Waals surface area contributed by atoms with Crippen molar-refractivity contribution in [3.8, 4) is 5.75 Å². The van der Waals surface area contributed by atoms with Crippen LogP contribution in [0.3, 0.4) is 0 Å². The number of pyridine rings is 1. The molecular weight excluding hydrogens is 378 g/mol. The van der Waals surface area contributed by atoms with Crippen molar-refractivity contribution in [2.45, 2.75) is 12.8 Å². The Kier molecular flexibility index (Phi) is 6.19. The minimum absolute atomic E-state index is 0.404. The summed E-state index contributed by atoms with van der Waals surface area (Å²) < 4.78 is 17.4.